The van der Waals surface area contributed by atoms with Crippen LogP contribution in [0.1, 0.15) is 73.9 Å². The molecule has 2 bridgehead atoms. The smallest absolute Gasteiger partial charge is 0.264 e. The van der Waals surface area contributed by atoms with Gasteiger partial charge in [-0.15, -0.1) is 0 Å². The summed E-state index contributed by atoms with van der Waals surface area (Å²) >= 11 is 6.38. The zero-order valence-electron chi connectivity index (χ0n) is 29.2. The van der Waals surface area contributed by atoms with E-state index in [1.165, 1.54) is 5.56 Å². The van der Waals surface area contributed by atoms with Crippen LogP contribution in [0.25, 0.3) is 0 Å². The van der Waals surface area contributed by atoms with Gasteiger partial charge in [0.2, 0.25) is 10.0 Å². The first-order valence-corrected chi connectivity index (χ1v) is 19.9. The van der Waals surface area contributed by atoms with E-state index in [2.05, 4.69) is 26.7 Å². The van der Waals surface area contributed by atoms with E-state index in [1.54, 1.807) is 13.0 Å². The summed E-state index contributed by atoms with van der Waals surface area (Å²) < 4.78 is 48.1. The average molecular weight is 714 g/mol. The zero-order chi connectivity index (χ0) is 34.6. The Bertz CT molecular complexity index is 1610. The third-order valence-corrected chi connectivity index (χ3v) is 13.6. The number of amides is 1. The molecule has 11 heteroatoms. The highest BCUT2D eigenvalue weighted by Crippen LogP contribution is 2.48. The lowest BCUT2D eigenvalue weighted by molar-refractivity contribution is -0.0864. The van der Waals surface area contributed by atoms with Crippen LogP contribution in [0.2, 0.25) is 5.02 Å². The Kier molecular flexibility index (Phi) is 11.6. The Morgan fingerprint density at radius 2 is 1.86 bits per heavy atom. The number of rotatable bonds is 4. The Hall–Kier alpha value is -2.63. The molecule has 9 nitrogen and oxygen atoms in total. The van der Waals surface area contributed by atoms with Crippen LogP contribution in [0.3, 0.4) is 0 Å². The lowest BCUT2D eigenvalue weighted by Crippen LogP contribution is -2.52. The number of methoxy groups -OCH3 is 1. The molecule has 2 aromatic carbocycles. The van der Waals surface area contributed by atoms with Gasteiger partial charge in [-0.05, 0) is 111 Å². The molecule has 6 rings (SSSR count). The summed E-state index contributed by atoms with van der Waals surface area (Å²) in [6.07, 6.45) is 10.7. The van der Waals surface area contributed by atoms with Crippen LogP contribution in [-0.4, -0.2) is 83.1 Å². The van der Waals surface area contributed by atoms with Crippen molar-refractivity contribution in [1.82, 2.24) is 9.62 Å². The fourth-order valence-electron chi connectivity index (χ4n) is 7.93. The van der Waals surface area contributed by atoms with Crippen LogP contribution < -0.4 is 14.4 Å². The van der Waals surface area contributed by atoms with E-state index >= 15 is 0 Å². The second kappa shape index (κ2) is 15.7. The molecule has 2 fully saturated rings. The number of benzene rings is 2. The Balaban J connectivity index is 1.38. The van der Waals surface area contributed by atoms with Crippen molar-refractivity contribution in [3.05, 3.63) is 70.3 Å². The summed E-state index contributed by atoms with van der Waals surface area (Å²) in [4.78, 5) is 18.4. The maximum absolute atomic E-state index is 13.5. The molecule has 1 N–H and O–H groups in total. The average Bonchev–Trinajstić information content (AvgIpc) is 3.11. The van der Waals surface area contributed by atoms with Gasteiger partial charge in [0.15, 0.2) is 0 Å². The van der Waals surface area contributed by atoms with Gasteiger partial charge in [0.25, 0.3) is 5.91 Å². The number of anilines is 1. The van der Waals surface area contributed by atoms with Crippen molar-refractivity contribution in [3.63, 3.8) is 0 Å². The minimum Gasteiger partial charge on any atom is -0.487 e. The summed E-state index contributed by atoms with van der Waals surface area (Å²) in [5, 5.41) is -0.0567. The largest absolute Gasteiger partial charge is 0.487 e. The molecule has 49 heavy (non-hydrogen) atoms. The number of aryl methyl sites for hydroxylation is 1. The van der Waals surface area contributed by atoms with Gasteiger partial charge < -0.3 is 19.1 Å². The number of hydrogen-bond acceptors (Lipinski definition) is 8. The van der Waals surface area contributed by atoms with Gasteiger partial charge in [0.1, 0.15) is 12.4 Å². The van der Waals surface area contributed by atoms with E-state index in [0.29, 0.717) is 41.2 Å². The summed E-state index contributed by atoms with van der Waals surface area (Å²) in [5.74, 6) is 0.493. The number of nitrogens with one attached hydrogen (secondary N) is 1. The van der Waals surface area contributed by atoms with E-state index in [1.807, 2.05) is 44.4 Å². The first-order valence-electron chi connectivity index (χ1n) is 18.0. The molecule has 268 valence electrons. The van der Waals surface area contributed by atoms with Crippen molar-refractivity contribution in [2.45, 2.75) is 76.3 Å². The van der Waals surface area contributed by atoms with Crippen LogP contribution in [0, 0.1) is 17.8 Å². The van der Waals surface area contributed by atoms with E-state index in [0.717, 1.165) is 95.7 Å². The van der Waals surface area contributed by atoms with Gasteiger partial charge in [-0.2, -0.15) is 0 Å². The van der Waals surface area contributed by atoms with E-state index < -0.39 is 26.8 Å². The molecule has 5 atom stereocenters. The van der Waals surface area contributed by atoms with Gasteiger partial charge in [0, 0.05) is 50.4 Å². The molecule has 0 aromatic heterocycles. The minimum atomic E-state index is -3.94. The zero-order valence-corrected chi connectivity index (χ0v) is 30.7. The Labute approximate surface area is 297 Å². The molecule has 3 aliphatic heterocycles. The van der Waals surface area contributed by atoms with Crippen LogP contribution in [0.15, 0.2) is 48.6 Å². The monoisotopic (exact) mass is 713 g/mol. The Morgan fingerprint density at radius 1 is 1.04 bits per heavy atom. The number of morpholine rings is 1. The molecule has 4 aliphatic rings. The Morgan fingerprint density at radius 3 is 2.61 bits per heavy atom. The van der Waals surface area contributed by atoms with E-state index in [9.17, 15) is 13.2 Å². The van der Waals surface area contributed by atoms with Gasteiger partial charge in [0.05, 0.1) is 29.8 Å². The maximum atomic E-state index is 13.5. The van der Waals surface area contributed by atoms with Crippen molar-refractivity contribution < 1.29 is 27.4 Å². The van der Waals surface area contributed by atoms with Crippen molar-refractivity contribution >= 4 is 33.2 Å². The van der Waals surface area contributed by atoms with Gasteiger partial charge in [-0.3, -0.25) is 9.69 Å². The SMILES string of the molecule is CO[C@]1(CCN2CCOCC2)/C=C/C[C@H](C)[C@@H](C)S(=O)(=O)NC(=O)c2ccc3c(c2)N(CCCCc2cc(Cl)ccc2CO3)C[C@@H]2CC[C@H]21. The highest BCUT2D eigenvalue weighted by atomic mass is 35.5. The van der Waals surface area contributed by atoms with Crippen molar-refractivity contribution in [3.8, 4) is 5.75 Å². The third-order valence-electron chi connectivity index (χ3n) is 11.5. The molecule has 1 aliphatic carbocycles. The molecular formula is C38H52ClN3O6S. The summed E-state index contributed by atoms with van der Waals surface area (Å²) in [7, 11) is -2.11. The molecule has 1 saturated carbocycles. The van der Waals surface area contributed by atoms with Gasteiger partial charge in [-0.25, -0.2) is 13.1 Å². The van der Waals surface area contributed by atoms with Crippen LogP contribution in [-0.2, 0) is 32.5 Å². The molecule has 1 amide bonds. The highest BCUT2D eigenvalue weighted by Gasteiger charge is 2.47. The second-order valence-electron chi connectivity index (χ2n) is 14.4. The quantitative estimate of drug-likeness (QED) is 0.372. The molecule has 0 unspecified atom stereocenters. The molecule has 2 aromatic rings. The maximum Gasteiger partial charge on any atom is 0.264 e. The fraction of sp³-hybridized carbons (Fsp3) is 0.605. The molecule has 1 saturated heterocycles. The molecule has 0 radical (unpaired) electrons. The van der Waals surface area contributed by atoms with Crippen LogP contribution in [0.4, 0.5) is 5.69 Å². The number of halogens is 1. The summed E-state index contributed by atoms with van der Waals surface area (Å²) in [6.45, 7) is 9.77. The number of hydrogen-bond donors (Lipinski definition) is 1. The molecular weight excluding hydrogens is 662 g/mol. The second-order valence-corrected chi connectivity index (χ2v) is 16.9. The molecule has 0 spiro atoms. The lowest BCUT2D eigenvalue weighted by atomic mass is 9.63. The number of allylic oxidation sites excluding steroid dienone is 1. The number of carbonyl (C=O) groups excluding carboxylic acids is 1. The minimum absolute atomic E-state index is 0.213. The van der Waals surface area contributed by atoms with Crippen LogP contribution in [0.5, 0.6) is 5.75 Å². The van der Waals surface area contributed by atoms with Crippen molar-refractivity contribution in [2.75, 3.05) is 57.9 Å². The van der Waals surface area contributed by atoms with Gasteiger partial charge in [-0.1, -0.05) is 36.7 Å². The third kappa shape index (κ3) is 8.30. The van der Waals surface area contributed by atoms with E-state index in [-0.39, 0.29) is 5.92 Å². The van der Waals surface area contributed by atoms with Crippen LogP contribution >= 0.6 is 11.6 Å². The number of carbonyl (C=O) groups is 1. The number of sulfonamides is 1. The highest BCUT2D eigenvalue weighted by molar-refractivity contribution is 7.90. The topological polar surface area (TPSA) is 97.4 Å². The lowest BCUT2D eigenvalue weighted by Gasteiger charge is -2.50. The van der Waals surface area contributed by atoms with Gasteiger partial charge >= 0.3 is 0 Å². The number of nitrogens with zero attached hydrogens (tertiary/aromatic N) is 2. The predicted octanol–water partition coefficient (Wildman–Crippen LogP) is 6.24. The van der Waals surface area contributed by atoms with Crippen molar-refractivity contribution in [2.24, 2.45) is 17.8 Å². The summed E-state index contributed by atoms with van der Waals surface area (Å²) in [6, 6.07) is 11.3. The predicted molar refractivity (Wildman–Crippen MR) is 194 cm³/mol. The normalized spacial score (nSPS) is 30.4. The first kappa shape index (κ1) is 36.2. The van der Waals surface area contributed by atoms with E-state index in [4.69, 9.17) is 25.8 Å². The summed E-state index contributed by atoms with van der Waals surface area (Å²) in [5.41, 5.74) is 2.91. The number of fused-ring (bicyclic) bond motifs is 3. The number of ether oxygens (including phenoxy) is 3. The van der Waals surface area contributed by atoms with Crippen molar-refractivity contribution in [1.29, 1.82) is 0 Å². The molecule has 3 heterocycles. The standard InChI is InChI=1S/C38H52ClN3O6S/c1-27-7-6-15-38(46-3,16-18-41-19-21-47-22-20-41)34-13-10-31(34)25-42-17-5-4-8-29-23-33(39)12-9-32(29)26-48-36-14-11-30(24-35(36)42)37(43)40-49(44,45)28(27)2/h6,9,11-12,14-15,23-24,27-28,31,34H,4-5,7-8,10,13,16-22,25-26H2,1-3H3,(H,40,43)/b15-6+/t27-,28+,31-,34+,38-/m0/s1. The fourth-order valence-corrected chi connectivity index (χ4v) is 9.41. The first-order chi connectivity index (χ1) is 23.6.